The van der Waals surface area contributed by atoms with Gasteiger partial charge < -0.3 is 20.6 Å². The fraction of sp³-hybridized carbons (Fsp3) is 0.143. The van der Waals surface area contributed by atoms with E-state index in [0.717, 1.165) is 11.0 Å². The van der Waals surface area contributed by atoms with Gasteiger partial charge in [-0.2, -0.15) is 0 Å². The molecule has 4 rings (SSSR count). The average Bonchev–Trinajstić information content (AvgIpc) is 2.98. The second-order valence-corrected chi connectivity index (χ2v) is 8.79. The van der Waals surface area contributed by atoms with Gasteiger partial charge in [-0.15, -0.1) is 0 Å². The monoisotopic (exact) mass is 518 g/mol. The van der Waals surface area contributed by atoms with Gasteiger partial charge in [0.15, 0.2) is 0 Å². The third kappa shape index (κ3) is 5.44. The molecule has 8 nitrogen and oxygen atoms in total. The van der Waals surface area contributed by atoms with Gasteiger partial charge in [-0.05, 0) is 41.0 Å². The lowest BCUT2D eigenvalue weighted by Crippen LogP contribution is -2.40. The number of fused-ring (bicyclic) bond motifs is 1. The molecule has 10 heteroatoms. The number of carbonyl (C=O) groups excluding carboxylic acids is 2. The summed E-state index contributed by atoms with van der Waals surface area (Å²) in [6.07, 6.45) is -0.370. The van der Waals surface area contributed by atoms with Crippen molar-refractivity contribution in [3.63, 3.8) is 0 Å². The number of hydrogen-bond donors (Lipinski definition) is 3. The Kier molecular flexibility index (Phi) is 7.33. The van der Waals surface area contributed by atoms with E-state index in [4.69, 9.17) is 16.2 Å². The smallest absolute Gasteiger partial charge is 0.305 e. The van der Waals surface area contributed by atoms with Crippen LogP contribution in [0.3, 0.4) is 0 Å². The van der Waals surface area contributed by atoms with E-state index < -0.39 is 36.0 Å². The number of amides is 2. The number of nitrogen functional groups attached to an aromatic ring is 1. The molecule has 0 spiro atoms. The van der Waals surface area contributed by atoms with Crippen LogP contribution in [-0.4, -0.2) is 46.7 Å². The molecule has 0 aliphatic carbocycles. The first-order valence-electron chi connectivity index (χ1n) is 11.6. The molecular weight excluding hydrogens is 494 g/mol. The number of amidine groups is 1. The predicted octanol–water partition coefficient (Wildman–Crippen LogP) is 3.77. The second-order valence-electron chi connectivity index (χ2n) is 8.79. The molecule has 0 atom stereocenters. The molecule has 2 amide bonds. The van der Waals surface area contributed by atoms with Crippen LogP contribution in [0.2, 0.25) is 0 Å². The van der Waals surface area contributed by atoms with Crippen LogP contribution < -0.4 is 10.6 Å². The molecule has 3 aromatic carbocycles. The molecule has 0 fully saturated rings. The van der Waals surface area contributed by atoms with Crippen molar-refractivity contribution in [1.29, 1.82) is 5.41 Å². The molecule has 194 valence electrons. The Morgan fingerprint density at radius 1 is 1.03 bits per heavy atom. The zero-order valence-corrected chi connectivity index (χ0v) is 20.2. The van der Waals surface area contributed by atoms with Gasteiger partial charge in [-0.1, -0.05) is 36.9 Å². The van der Waals surface area contributed by atoms with E-state index in [1.807, 2.05) is 0 Å². The number of aliphatic carboxylic acids is 1. The first kappa shape index (κ1) is 26.2. The first-order chi connectivity index (χ1) is 18.0. The van der Waals surface area contributed by atoms with E-state index in [0.29, 0.717) is 28.3 Å². The first-order valence-corrected chi connectivity index (χ1v) is 11.6. The van der Waals surface area contributed by atoms with Gasteiger partial charge in [0, 0.05) is 23.7 Å². The van der Waals surface area contributed by atoms with Crippen LogP contribution in [0, 0.1) is 17.0 Å². The summed E-state index contributed by atoms with van der Waals surface area (Å²) in [5.74, 6) is -3.97. The van der Waals surface area contributed by atoms with E-state index in [2.05, 4.69) is 6.58 Å². The summed E-state index contributed by atoms with van der Waals surface area (Å²) < 4.78 is 27.9. The van der Waals surface area contributed by atoms with Crippen LogP contribution in [0.25, 0.3) is 5.57 Å². The molecule has 1 aliphatic rings. The van der Waals surface area contributed by atoms with Crippen molar-refractivity contribution in [3.8, 4) is 0 Å². The Morgan fingerprint density at radius 3 is 2.42 bits per heavy atom. The quantitative estimate of drug-likeness (QED) is 0.309. The second kappa shape index (κ2) is 10.6. The Balaban J connectivity index is 1.78. The molecule has 0 unspecified atom stereocenters. The molecular formula is C28H24F2N4O4. The number of benzene rings is 3. The van der Waals surface area contributed by atoms with Gasteiger partial charge in [0.2, 0.25) is 5.91 Å². The maximum Gasteiger partial charge on any atom is 0.305 e. The highest BCUT2D eigenvalue weighted by Gasteiger charge is 2.32. The highest BCUT2D eigenvalue weighted by Crippen LogP contribution is 2.32. The van der Waals surface area contributed by atoms with E-state index in [1.54, 1.807) is 42.5 Å². The Bertz CT molecular complexity index is 1490. The molecule has 38 heavy (non-hydrogen) atoms. The van der Waals surface area contributed by atoms with Gasteiger partial charge in [0.25, 0.3) is 5.91 Å². The topological polar surface area (TPSA) is 128 Å². The van der Waals surface area contributed by atoms with Crippen molar-refractivity contribution >= 4 is 34.9 Å². The molecule has 0 saturated heterocycles. The predicted molar refractivity (Wildman–Crippen MR) is 138 cm³/mol. The number of nitrogens with two attached hydrogens (primary N) is 1. The minimum atomic E-state index is -1.13. The Morgan fingerprint density at radius 2 is 1.74 bits per heavy atom. The van der Waals surface area contributed by atoms with Gasteiger partial charge >= 0.3 is 5.97 Å². The molecule has 0 saturated carbocycles. The number of nitrogens with zero attached hydrogens (tertiary/aromatic N) is 2. The van der Waals surface area contributed by atoms with Crippen molar-refractivity contribution in [2.45, 2.75) is 13.0 Å². The van der Waals surface area contributed by atoms with Gasteiger partial charge in [0.05, 0.1) is 24.2 Å². The van der Waals surface area contributed by atoms with Crippen molar-refractivity contribution in [2.24, 2.45) is 5.73 Å². The van der Waals surface area contributed by atoms with Gasteiger partial charge in [0.1, 0.15) is 24.0 Å². The van der Waals surface area contributed by atoms with Crippen molar-refractivity contribution < 1.29 is 28.3 Å². The van der Waals surface area contributed by atoms with E-state index >= 15 is 0 Å². The molecule has 1 heterocycles. The van der Waals surface area contributed by atoms with Crippen LogP contribution in [0.5, 0.6) is 0 Å². The fourth-order valence-corrected chi connectivity index (χ4v) is 4.20. The van der Waals surface area contributed by atoms with Crippen LogP contribution in [0.1, 0.15) is 39.0 Å². The number of carboxylic acid groups (broad SMARTS) is 1. The fourth-order valence-electron chi connectivity index (χ4n) is 4.20. The SMILES string of the molecule is C=C(c1cccc(C(=N)N)c1)c1ccc2c(c1)C(=O)N(CCC(=O)O)CC(=O)N2Cc1ccc(F)cc1F. The Labute approximate surface area is 217 Å². The lowest BCUT2D eigenvalue weighted by Gasteiger charge is -2.23. The summed E-state index contributed by atoms with van der Waals surface area (Å²) in [6.45, 7) is 3.23. The number of carboxylic acids is 1. The van der Waals surface area contributed by atoms with Crippen molar-refractivity contribution in [2.75, 3.05) is 18.0 Å². The largest absolute Gasteiger partial charge is 0.481 e. The van der Waals surface area contributed by atoms with Crippen LogP contribution in [-0.2, 0) is 16.1 Å². The van der Waals surface area contributed by atoms with Crippen molar-refractivity contribution in [3.05, 3.63) is 107 Å². The summed E-state index contributed by atoms with van der Waals surface area (Å²) in [5, 5.41) is 16.8. The lowest BCUT2D eigenvalue weighted by molar-refractivity contribution is -0.137. The van der Waals surface area contributed by atoms with E-state index in [-0.39, 0.29) is 42.2 Å². The van der Waals surface area contributed by atoms with Crippen LogP contribution in [0.15, 0.2) is 67.2 Å². The molecule has 3 aromatic rings. The summed E-state index contributed by atoms with van der Waals surface area (Å²) in [5.41, 5.74) is 8.16. The summed E-state index contributed by atoms with van der Waals surface area (Å²) in [6, 6.07) is 14.6. The minimum absolute atomic E-state index is 0.0478. The number of carbonyl (C=O) groups is 3. The van der Waals surface area contributed by atoms with Crippen LogP contribution in [0.4, 0.5) is 14.5 Å². The third-order valence-corrected chi connectivity index (χ3v) is 6.24. The standard InChI is InChI=1S/C28H24F2N4O4/c1-16(17-3-2-4-19(11-17)27(31)32)18-6-8-24-22(12-18)28(38)33(10-9-26(36)37)15-25(35)34(24)14-20-5-7-21(29)13-23(20)30/h2-8,11-13H,1,9-10,14-15H2,(H3,31,32)(H,36,37). The summed E-state index contributed by atoms with van der Waals surface area (Å²) in [7, 11) is 0. The minimum Gasteiger partial charge on any atom is -0.481 e. The van der Waals surface area contributed by atoms with Crippen molar-refractivity contribution in [1.82, 2.24) is 4.90 Å². The van der Waals surface area contributed by atoms with E-state index in [1.165, 1.54) is 11.0 Å². The van der Waals surface area contributed by atoms with E-state index in [9.17, 15) is 23.2 Å². The lowest BCUT2D eigenvalue weighted by atomic mass is 9.95. The zero-order chi connectivity index (χ0) is 27.6. The molecule has 0 bridgehead atoms. The summed E-state index contributed by atoms with van der Waals surface area (Å²) >= 11 is 0. The highest BCUT2D eigenvalue weighted by atomic mass is 19.1. The zero-order valence-electron chi connectivity index (χ0n) is 20.2. The van der Waals surface area contributed by atoms with Gasteiger partial charge in [-0.25, -0.2) is 8.78 Å². The molecule has 0 radical (unpaired) electrons. The maximum atomic E-state index is 14.5. The number of rotatable bonds is 8. The molecule has 0 aromatic heterocycles. The number of hydrogen-bond acceptors (Lipinski definition) is 4. The highest BCUT2D eigenvalue weighted by molar-refractivity contribution is 6.10. The average molecular weight is 519 g/mol. The third-order valence-electron chi connectivity index (χ3n) is 6.24. The Hall–Kier alpha value is -4.86. The summed E-state index contributed by atoms with van der Waals surface area (Å²) in [4.78, 5) is 40.3. The normalized spacial score (nSPS) is 13.2. The maximum absolute atomic E-state index is 14.5. The number of nitrogens with one attached hydrogen (secondary N) is 1. The van der Waals surface area contributed by atoms with Gasteiger partial charge in [-0.3, -0.25) is 19.8 Å². The number of halogens is 2. The molecule has 4 N–H and O–H groups in total. The van der Waals surface area contributed by atoms with Crippen LogP contribution >= 0.6 is 0 Å². The molecule has 1 aliphatic heterocycles. The number of anilines is 1.